The minimum atomic E-state index is -0.655. The predicted octanol–water partition coefficient (Wildman–Crippen LogP) is 5.20. The van der Waals surface area contributed by atoms with E-state index in [2.05, 4.69) is 89.1 Å². The Bertz CT molecular complexity index is 1490. The summed E-state index contributed by atoms with van der Waals surface area (Å²) in [5, 5.41) is 13.5. The van der Waals surface area contributed by atoms with Gasteiger partial charge < -0.3 is 15.2 Å². The Balaban J connectivity index is 1.34. The van der Waals surface area contributed by atoms with Crippen molar-refractivity contribution >= 4 is 23.3 Å². The molecule has 6 rings (SSSR count). The topological polar surface area (TPSA) is 82.1 Å². The first-order valence-corrected chi connectivity index (χ1v) is 14.6. The number of aliphatic hydroxyl groups is 1. The zero-order valence-electron chi connectivity index (χ0n) is 24.1. The van der Waals surface area contributed by atoms with Crippen LogP contribution in [0.1, 0.15) is 29.2 Å². The van der Waals surface area contributed by atoms with E-state index in [0.29, 0.717) is 13.1 Å². The Hall–Kier alpha value is -4.72. The highest BCUT2D eigenvalue weighted by Crippen LogP contribution is 2.46. The second kappa shape index (κ2) is 12.3. The van der Waals surface area contributed by atoms with Gasteiger partial charge in [-0.05, 0) is 40.0 Å². The van der Waals surface area contributed by atoms with E-state index >= 15 is 0 Å². The third-order valence-corrected chi connectivity index (χ3v) is 8.33. The van der Waals surface area contributed by atoms with E-state index in [9.17, 15) is 14.7 Å². The maximum atomic E-state index is 12.6. The molecule has 0 spiro atoms. The van der Waals surface area contributed by atoms with Crippen molar-refractivity contribution in [2.24, 2.45) is 0 Å². The van der Waals surface area contributed by atoms with E-state index in [1.165, 1.54) is 6.92 Å². The van der Waals surface area contributed by atoms with Gasteiger partial charge in [0.05, 0.1) is 31.3 Å². The molecule has 0 aliphatic carbocycles. The number of rotatable bonds is 9. The predicted molar refractivity (Wildman–Crippen MR) is 168 cm³/mol. The van der Waals surface area contributed by atoms with Gasteiger partial charge in [-0.3, -0.25) is 14.6 Å². The minimum absolute atomic E-state index is 0.0366. The second-order valence-electron chi connectivity index (χ2n) is 11.0. The highest BCUT2D eigenvalue weighted by molar-refractivity contribution is 5.90. The summed E-state index contributed by atoms with van der Waals surface area (Å²) in [6.45, 7) is 2.66. The summed E-state index contributed by atoms with van der Waals surface area (Å²) in [7, 11) is 0. The normalized spacial score (nSPS) is 18.8. The lowest BCUT2D eigenvalue weighted by atomic mass is 9.75. The Labute approximate surface area is 252 Å². The summed E-state index contributed by atoms with van der Waals surface area (Å²) >= 11 is 0. The van der Waals surface area contributed by atoms with Crippen LogP contribution in [0.3, 0.4) is 0 Å². The second-order valence-corrected chi connectivity index (χ2v) is 11.0. The van der Waals surface area contributed by atoms with Gasteiger partial charge in [0.1, 0.15) is 6.10 Å². The van der Waals surface area contributed by atoms with Crippen molar-refractivity contribution in [1.29, 1.82) is 0 Å². The monoisotopic (exact) mass is 573 g/mol. The number of amides is 2. The van der Waals surface area contributed by atoms with Gasteiger partial charge in [0.25, 0.3) is 0 Å². The van der Waals surface area contributed by atoms with Crippen molar-refractivity contribution in [3.63, 3.8) is 0 Å². The first kappa shape index (κ1) is 28.4. The zero-order chi connectivity index (χ0) is 29.8. The van der Waals surface area contributed by atoms with Gasteiger partial charge >= 0.3 is 6.09 Å². The fourth-order valence-electron chi connectivity index (χ4n) is 6.37. The molecule has 0 bridgehead atoms. The molecule has 2 atom stereocenters. The van der Waals surface area contributed by atoms with Gasteiger partial charge in [0.2, 0.25) is 5.91 Å². The zero-order valence-corrected chi connectivity index (χ0v) is 24.1. The summed E-state index contributed by atoms with van der Waals surface area (Å²) < 4.78 is 5.44. The molecule has 7 heteroatoms. The third-order valence-electron chi connectivity index (χ3n) is 8.33. The molecular formula is C36H35N3O4. The molecule has 4 aromatic rings. The number of aliphatic hydroxyl groups excluding tert-OH is 1. The quantitative estimate of drug-likeness (QED) is 0.269. The van der Waals surface area contributed by atoms with E-state index in [-0.39, 0.29) is 25.1 Å². The number of hydrogen-bond acceptors (Lipinski definition) is 5. The number of ether oxygens (including phenoxy) is 1. The van der Waals surface area contributed by atoms with E-state index < -0.39 is 17.7 Å². The molecule has 4 aromatic carbocycles. The SMILES string of the molecule is CC(=O)NC[C@H]1CN(c2ccc(C3=C[C@@H](CO)N(C(c4ccccc4)(c4ccccc4)c4ccccc4)C3)cc2)C(=O)O1. The molecular weight excluding hydrogens is 538 g/mol. The maximum Gasteiger partial charge on any atom is 0.414 e. The molecule has 2 N–H and O–H groups in total. The summed E-state index contributed by atoms with van der Waals surface area (Å²) in [5.74, 6) is -0.158. The van der Waals surface area contributed by atoms with Crippen molar-refractivity contribution in [3.05, 3.63) is 144 Å². The summed E-state index contributed by atoms with van der Waals surface area (Å²) in [5.41, 5.74) is 5.57. The molecule has 218 valence electrons. The van der Waals surface area contributed by atoms with Gasteiger partial charge in [0, 0.05) is 19.2 Å². The largest absolute Gasteiger partial charge is 0.442 e. The lowest BCUT2D eigenvalue weighted by Crippen LogP contribution is -2.52. The molecule has 1 saturated heterocycles. The highest BCUT2D eigenvalue weighted by atomic mass is 16.6. The van der Waals surface area contributed by atoms with Crippen LogP contribution in [0.2, 0.25) is 0 Å². The number of carbonyl (C=O) groups is 2. The molecule has 2 aliphatic rings. The Morgan fingerprint density at radius 2 is 1.40 bits per heavy atom. The molecule has 2 aliphatic heterocycles. The van der Waals surface area contributed by atoms with Crippen LogP contribution < -0.4 is 10.2 Å². The first-order valence-electron chi connectivity index (χ1n) is 14.6. The van der Waals surface area contributed by atoms with E-state index in [4.69, 9.17) is 4.74 Å². The molecule has 43 heavy (non-hydrogen) atoms. The van der Waals surface area contributed by atoms with Crippen molar-refractivity contribution in [3.8, 4) is 0 Å². The average molecular weight is 574 g/mol. The maximum absolute atomic E-state index is 12.6. The van der Waals surface area contributed by atoms with Crippen LogP contribution in [0.25, 0.3) is 5.57 Å². The van der Waals surface area contributed by atoms with E-state index in [1.807, 2.05) is 42.5 Å². The van der Waals surface area contributed by atoms with Crippen LogP contribution in [0, 0.1) is 0 Å². The van der Waals surface area contributed by atoms with Gasteiger partial charge in [-0.15, -0.1) is 0 Å². The molecule has 2 heterocycles. The van der Waals surface area contributed by atoms with Crippen LogP contribution in [-0.4, -0.2) is 60.4 Å². The first-order chi connectivity index (χ1) is 21.0. The smallest absolute Gasteiger partial charge is 0.414 e. The van der Waals surface area contributed by atoms with Crippen molar-refractivity contribution < 1.29 is 19.4 Å². The third kappa shape index (κ3) is 5.45. The van der Waals surface area contributed by atoms with Crippen LogP contribution in [0.5, 0.6) is 0 Å². The van der Waals surface area contributed by atoms with Gasteiger partial charge in [-0.25, -0.2) is 4.79 Å². The number of carbonyl (C=O) groups excluding carboxylic acids is 2. The van der Waals surface area contributed by atoms with Crippen LogP contribution in [0.4, 0.5) is 10.5 Å². The Morgan fingerprint density at radius 3 is 1.88 bits per heavy atom. The number of nitrogens with one attached hydrogen (secondary N) is 1. The van der Waals surface area contributed by atoms with Crippen LogP contribution in [-0.2, 0) is 15.1 Å². The standard InChI is InChI=1S/C36H35N3O4/c1-26(41)37-22-34-24-38(35(42)43-34)32-19-17-27(18-20-32)28-21-33(25-40)39(23-28)36(29-11-5-2-6-12-29,30-13-7-3-8-14-30)31-15-9-4-10-16-31/h2-21,33-34,40H,22-25H2,1H3,(H,37,41)/t33-,34-/m0/s1. The van der Waals surface area contributed by atoms with Gasteiger partial charge in [0.15, 0.2) is 0 Å². The lowest BCUT2D eigenvalue weighted by Gasteiger charge is -2.46. The fourth-order valence-corrected chi connectivity index (χ4v) is 6.37. The van der Waals surface area contributed by atoms with Crippen molar-refractivity contribution in [2.75, 3.05) is 31.1 Å². The lowest BCUT2D eigenvalue weighted by molar-refractivity contribution is -0.119. The van der Waals surface area contributed by atoms with Gasteiger partial charge in [-0.2, -0.15) is 0 Å². The molecule has 0 aromatic heterocycles. The highest BCUT2D eigenvalue weighted by Gasteiger charge is 2.46. The summed E-state index contributed by atoms with van der Waals surface area (Å²) in [4.78, 5) is 27.8. The van der Waals surface area contributed by atoms with E-state index in [1.54, 1.807) is 4.90 Å². The minimum Gasteiger partial charge on any atom is -0.442 e. The molecule has 7 nitrogen and oxygen atoms in total. The summed E-state index contributed by atoms with van der Waals surface area (Å²) in [6.07, 6.45) is 1.34. The Kier molecular flexibility index (Phi) is 8.09. The van der Waals surface area contributed by atoms with Gasteiger partial charge in [-0.1, -0.05) is 109 Å². The summed E-state index contributed by atoms with van der Waals surface area (Å²) in [6, 6.07) is 39.1. The molecule has 2 amide bonds. The molecule has 0 unspecified atom stereocenters. The van der Waals surface area contributed by atoms with Crippen molar-refractivity contribution in [1.82, 2.24) is 10.2 Å². The number of benzene rings is 4. The number of nitrogens with zero attached hydrogens (tertiary/aromatic N) is 2. The molecule has 1 fully saturated rings. The fraction of sp³-hybridized carbons (Fsp3) is 0.222. The Morgan fingerprint density at radius 1 is 0.860 bits per heavy atom. The van der Waals surface area contributed by atoms with Crippen molar-refractivity contribution in [2.45, 2.75) is 24.6 Å². The number of hydrogen-bond donors (Lipinski definition) is 2. The van der Waals surface area contributed by atoms with E-state index in [0.717, 1.165) is 33.5 Å². The number of anilines is 1. The van der Waals surface area contributed by atoms with Crippen LogP contribution >= 0.6 is 0 Å². The molecule has 0 saturated carbocycles. The van der Waals surface area contributed by atoms with Crippen LogP contribution in [0.15, 0.2) is 121 Å². The molecule has 0 radical (unpaired) electrons. The average Bonchev–Trinajstić information content (AvgIpc) is 3.66. The number of cyclic esters (lactones) is 1.